The molecule has 4 heteroatoms. The van der Waals surface area contributed by atoms with E-state index in [2.05, 4.69) is 5.32 Å². The van der Waals surface area contributed by atoms with E-state index in [0.717, 1.165) is 0 Å². The molecule has 0 spiro atoms. The van der Waals surface area contributed by atoms with Crippen LogP contribution in [0.15, 0.2) is 12.1 Å². The Morgan fingerprint density at radius 2 is 1.81 bits per heavy atom. The van der Waals surface area contributed by atoms with Gasteiger partial charge in [0, 0.05) is 11.2 Å². The van der Waals surface area contributed by atoms with Crippen LogP contribution in [0.1, 0.15) is 38.1 Å². The fourth-order valence-electron chi connectivity index (χ4n) is 1.44. The van der Waals surface area contributed by atoms with Crippen molar-refractivity contribution in [3.05, 3.63) is 17.7 Å². The summed E-state index contributed by atoms with van der Waals surface area (Å²) in [7, 11) is 0. The van der Waals surface area contributed by atoms with Crippen molar-refractivity contribution in [2.24, 2.45) is 0 Å². The molecular weight excluding hydrogens is 206 g/mol. The number of benzene rings is 1. The molecule has 0 bridgehead atoms. The Hall–Kier alpha value is -1.71. The van der Waals surface area contributed by atoms with E-state index in [4.69, 9.17) is 0 Å². The molecule has 0 saturated carbocycles. The maximum Gasteiger partial charge on any atom is 0.170 e. The number of carbonyl (C=O) groups excluding carboxylic acids is 1. The molecule has 88 valence electrons. The van der Waals surface area contributed by atoms with E-state index in [9.17, 15) is 15.0 Å². The topological polar surface area (TPSA) is 69.6 Å². The van der Waals surface area contributed by atoms with Crippen LogP contribution in [-0.2, 0) is 0 Å². The second kappa shape index (κ2) is 4.04. The van der Waals surface area contributed by atoms with Crippen molar-refractivity contribution in [1.82, 2.24) is 0 Å². The van der Waals surface area contributed by atoms with Gasteiger partial charge in [-0.25, -0.2) is 0 Å². The Kier molecular flexibility index (Phi) is 3.12. The summed E-state index contributed by atoms with van der Waals surface area (Å²) in [6, 6.07) is 2.94. The summed E-state index contributed by atoms with van der Waals surface area (Å²) in [5.74, 6) is -0.952. The second-order valence-corrected chi connectivity index (χ2v) is 4.79. The summed E-state index contributed by atoms with van der Waals surface area (Å²) in [5, 5.41) is 22.1. The number of aromatic hydroxyl groups is 2. The summed E-state index contributed by atoms with van der Waals surface area (Å²) >= 11 is 0. The first-order chi connectivity index (χ1) is 7.22. The Balaban J connectivity index is 3.29. The first-order valence-corrected chi connectivity index (χ1v) is 5.06. The standard InChI is InChI=1S/C12H17NO3/c1-7(14)10-8(13-12(2,3)4)5-6-9(15)11(10)16/h5-6,13,15-16H,1-4H3. The number of hydrogen-bond donors (Lipinski definition) is 3. The zero-order valence-corrected chi connectivity index (χ0v) is 9.96. The summed E-state index contributed by atoms with van der Waals surface area (Å²) in [6.45, 7) is 7.19. The Morgan fingerprint density at radius 1 is 1.25 bits per heavy atom. The molecule has 0 aliphatic heterocycles. The number of anilines is 1. The molecule has 4 nitrogen and oxygen atoms in total. The monoisotopic (exact) mass is 223 g/mol. The minimum atomic E-state index is -0.373. The molecule has 0 aromatic heterocycles. The predicted octanol–water partition coefficient (Wildman–Crippen LogP) is 2.51. The van der Waals surface area contributed by atoms with Crippen LogP contribution < -0.4 is 5.32 Å². The molecule has 1 aromatic carbocycles. The van der Waals surface area contributed by atoms with Crippen molar-refractivity contribution in [3.63, 3.8) is 0 Å². The van der Waals surface area contributed by atoms with Crippen LogP contribution in [0.25, 0.3) is 0 Å². The van der Waals surface area contributed by atoms with Crippen LogP contribution in [0.5, 0.6) is 11.5 Å². The summed E-state index contributed by atoms with van der Waals surface area (Å²) in [5.41, 5.74) is 0.415. The maximum absolute atomic E-state index is 11.4. The van der Waals surface area contributed by atoms with Gasteiger partial charge in [0.15, 0.2) is 17.3 Å². The Labute approximate surface area is 94.9 Å². The lowest BCUT2D eigenvalue weighted by Crippen LogP contribution is -2.27. The van der Waals surface area contributed by atoms with Gasteiger partial charge < -0.3 is 15.5 Å². The minimum Gasteiger partial charge on any atom is -0.504 e. The van der Waals surface area contributed by atoms with E-state index < -0.39 is 0 Å². The van der Waals surface area contributed by atoms with Crippen molar-refractivity contribution >= 4 is 11.5 Å². The predicted molar refractivity (Wildman–Crippen MR) is 63.2 cm³/mol. The number of Topliss-reactive ketones (excluding diaryl/α,β-unsaturated/α-hetero) is 1. The molecule has 0 amide bonds. The zero-order chi connectivity index (χ0) is 12.5. The Morgan fingerprint density at radius 3 is 2.25 bits per heavy atom. The smallest absolute Gasteiger partial charge is 0.170 e. The van der Waals surface area contributed by atoms with Crippen molar-refractivity contribution in [1.29, 1.82) is 0 Å². The van der Waals surface area contributed by atoms with Crippen LogP contribution in [0, 0.1) is 0 Å². The quantitative estimate of drug-likeness (QED) is 0.409. The largest absolute Gasteiger partial charge is 0.504 e. The number of phenols is 2. The van der Waals surface area contributed by atoms with Gasteiger partial charge in [0.1, 0.15) is 0 Å². The molecule has 0 saturated heterocycles. The van der Waals surface area contributed by atoms with Gasteiger partial charge in [-0.1, -0.05) is 0 Å². The lowest BCUT2D eigenvalue weighted by molar-refractivity contribution is 0.101. The highest BCUT2D eigenvalue weighted by atomic mass is 16.3. The van der Waals surface area contributed by atoms with Gasteiger partial charge in [0.25, 0.3) is 0 Å². The minimum absolute atomic E-state index is 0.120. The summed E-state index contributed by atoms with van der Waals surface area (Å²) in [4.78, 5) is 11.4. The van der Waals surface area contributed by atoms with Crippen LogP contribution in [0.2, 0.25) is 0 Å². The van der Waals surface area contributed by atoms with E-state index in [1.54, 1.807) is 6.07 Å². The molecule has 0 atom stereocenters. The molecule has 0 heterocycles. The molecule has 0 aliphatic rings. The number of ketones is 1. The molecule has 0 radical (unpaired) electrons. The molecule has 1 rings (SSSR count). The molecule has 1 aromatic rings. The van der Waals surface area contributed by atoms with Crippen LogP contribution in [0.4, 0.5) is 5.69 Å². The van der Waals surface area contributed by atoms with Gasteiger partial charge in [0.2, 0.25) is 0 Å². The first-order valence-electron chi connectivity index (χ1n) is 5.06. The molecule has 16 heavy (non-hydrogen) atoms. The fraction of sp³-hybridized carbons (Fsp3) is 0.417. The van der Waals surface area contributed by atoms with Gasteiger partial charge in [-0.15, -0.1) is 0 Å². The fourth-order valence-corrected chi connectivity index (χ4v) is 1.44. The maximum atomic E-state index is 11.4. The van der Waals surface area contributed by atoms with Crippen molar-refractivity contribution in [3.8, 4) is 11.5 Å². The zero-order valence-electron chi connectivity index (χ0n) is 9.96. The molecule has 0 unspecified atom stereocenters. The van der Waals surface area contributed by atoms with Crippen LogP contribution in [0.3, 0.4) is 0 Å². The number of nitrogens with one attached hydrogen (secondary N) is 1. The summed E-state index contributed by atoms with van der Waals surface area (Å²) in [6.07, 6.45) is 0. The highest BCUT2D eigenvalue weighted by molar-refractivity contribution is 6.03. The average molecular weight is 223 g/mol. The van der Waals surface area contributed by atoms with Crippen molar-refractivity contribution in [2.45, 2.75) is 33.2 Å². The second-order valence-electron chi connectivity index (χ2n) is 4.79. The van der Waals surface area contributed by atoms with Gasteiger partial charge in [-0.3, -0.25) is 4.79 Å². The van der Waals surface area contributed by atoms with E-state index in [-0.39, 0.29) is 28.4 Å². The van der Waals surface area contributed by atoms with Gasteiger partial charge >= 0.3 is 0 Å². The van der Waals surface area contributed by atoms with Gasteiger partial charge in [0.05, 0.1) is 5.56 Å². The van der Waals surface area contributed by atoms with Crippen LogP contribution in [-0.4, -0.2) is 21.5 Å². The molecule has 3 N–H and O–H groups in total. The lowest BCUT2D eigenvalue weighted by Gasteiger charge is -2.24. The van der Waals surface area contributed by atoms with E-state index in [1.807, 2.05) is 20.8 Å². The number of phenolic OH excluding ortho intramolecular Hbond substituents is 2. The van der Waals surface area contributed by atoms with Gasteiger partial charge in [-0.05, 0) is 39.8 Å². The average Bonchev–Trinajstić information content (AvgIpc) is 2.08. The number of rotatable bonds is 2. The third kappa shape index (κ3) is 2.66. The van der Waals surface area contributed by atoms with Crippen molar-refractivity contribution in [2.75, 3.05) is 5.32 Å². The van der Waals surface area contributed by atoms with Gasteiger partial charge in [-0.2, -0.15) is 0 Å². The number of carbonyl (C=O) groups is 1. The summed E-state index contributed by atoms with van der Waals surface area (Å²) < 4.78 is 0. The molecule has 0 aliphatic carbocycles. The number of hydrogen-bond acceptors (Lipinski definition) is 4. The molecular formula is C12H17NO3. The van der Waals surface area contributed by atoms with E-state index in [1.165, 1.54) is 13.0 Å². The van der Waals surface area contributed by atoms with Crippen molar-refractivity contribution < 1.29 is 15.0 Å². The van der Waals surface area contributed by atoms with E-state index >= 15 is 0 Å². The Bertz CT molecular complexity index is 419. The highest BCUT2D eigenvalue weighted by Crippen LogP contribution is 2.35. The highest BCUT2D eigenvalue weighted by Gasteiger charge is 2.19. The third-order valence-electron chi connectivity index (χ3n) is 2.02. The molecule has 0 fully saturated rings. The lowest BCUT2D eigenvalue weighted by atomic mass is 10.0. The van der Waals surface area contributed by atoms with E-state index in [0.29, 0.717) is 5.69 Å². The third-order valence-corrected chi connectivity index (χ3v) is 2.02. The SMILES string of the molecule is CC(=O)c1c(NC(C)(C)C)ccc(O)c1O. The normalized spacial score (nSPS) is 11.2. The van der Waals surface area contributed by atoms with Crippen LogP contribution >= 0.6 is 0 Å². The first kappa shape index (κ1) is 12.4.